The van der Waals surface area contributed by atoms with Gasteiger partial charge in [-0.25, -0.2) is 0 Å². The van der Waals surface area contributed by atoms with Crippen LogP contribution in [-0.2, 0) is 4.79 Å². The van der Waals surface area contributed by atoms with E-state index in [1.165, 1.54) is 0 Å². The van der Waals surface area contributed by atoms with Crippen LogP contribution in [0.5, 0.6) is 0 Å². The maximum absolute atomic E-state index is 12.6. The molecule has 0 heterocycles. The lowest BCUT2D eigenvalue weighted by atomic mass is 9.86. The van der Waals surface area contributed by atoms with E-state index in [-0.39, 0.29) is 12.5 Å². The minimum Gasteiger partial charge on any atom is -0.393 e. The number of hydrogen-bond donors (Lipinski definition) is 4. The fraction of sp³-hybridized carbons (Fsp3) is 0.667. The fourth-order valence-corrected chi connectivity index (χ4v) is 2.99. The second kappa shape index (κ2) is 10.9. The highest BCUT2D eigenvalue weighted by Gasteiger charge is 2.50. The van der Waals surface area contributed by atoms with Crippen molar-refractivity contribution in [3.8, 4) is 0 Å². The molecule has 29 heavy (non-hydrogen) atoms. The van der Waals surface area contributed by atoms with E-state index in [1.54, 1.807) is 0 Å². The normalized spacial score (nSPS) is 25.2. The Morgan fingerprint density at radius 2 is 2.03 bits per heavy atom. The lowest BCUT2D eigenvalue weighted by Gasteiger charge is -2.26. The molecule has 1 amide bonds. The third-order valence-corrected chi connectivity index (χ3v) is 5.03. The number of nitrogens with one attached hydrogen (secondary N) is 1. The fourth-order valence-electron chi connectivity index (χ4n) is 2.99. The molecule has 0 aromatic carbocycles. The summed E-state index contributed by atoms with van der Waals surface area (Å²) in [5.41, 5.74) is -1.57. The number of allylic oxidation sites excluding steroid dienone is 3. The zero-order valence-corrected chi connectivity index (χ0v) is 17.0. The number of rotatable bonds is 9. The highest BCUT2D eigenvalue weighted by Crippen LogP contribution is 2.32. The maximum atomic E-state index is 12.6. The average Bonchev–Trinajstić information content (AvgIpc) is 2.58. The van der Waals surface area contributed by atoms with Crippen molar-refractivity contribution in [2.45, 2.75) is 76.4 Å². The quantitative estimate of drug-likeness (QED) is 0.432. The zero-order valence-electron chi connectivity index (χ0n) is 17.0. The molecule has 0 radical (unpaired) electrons. The maximum Gasteiger partial charge on any atom is 0.417 e. The van der Waals surface area contributed by atoms with Crippen LogP contribution in [0.25, 0.3) is 0 Å². The first-order valence-corrected chi connectivity index (χ1v) is 9.80. The molecule has 1 saturated carbocycles. The number of aliphatic hydroxyl groups is 3. The number of halogens is 3. The van der Waals surface area contributed by atoms with Crippen molar-refractivity contribution in [2.24, 2.45) is 5.92 Å². The third kappa shape index (κ3) is 8.72. The van der Waals surface area contributed by atoms with E-state index in [0.717, 1.165) is 24.8 Å². The Morgan fingerprint density at radius 1 is 1.38 bits per heavy atom. The van der Waals surface area contributed by atoms with Gasteiger partial charge < -0.3 is 20.6 Å². The van der Waals surface area contributed by atoms with E-state index in [9.17, 15) is 33.3 Å². The van der Waals surface area contributed by atoms with Crippen molar-refractivity contribution >= 4 is 5.91 Å². The van der Waals surface area contributed by atoms with Crippen molar-refractivity contribution in [3.63, 3.8) is 0 Å². The van der Waals surface area contributed by atoms with Gasteiger partial charge in [0.25, 0.3) is 0 Å². The van der Waals surface area contributed by atoms with Gasteiger partial charge in [0.15, 0.2) is 5.60 Å². The van der Waals surface area contributed by atoms with Crippen molar-refractivity contribution in [2.75, 3.05) is 6.54 Å². The van der Waals surface area contributed by atoms with Gasteiger partial charge in [0.1, 0.15) is 0 Å². The molecule has 166 valence electrons. The van der Waals surface area contributed by atoms with Gasteiger partial charge in [-0.05, 0) is 49.7 Å². The molecule has 4 atom stereocenters. The number of unbranched alkanes of at least 4 members (excludes halogenated alkanes) is 1. The van der Waals surface area contributed by atoms with Crippen LogP contribution < -0.4 is 5.32 Å². The van der Waals surface area contributed by atoms with Gasteiger partial charge in [-0.15, -0.1) is 0 Å². The molecule has 0 bridgehead atoms. The molecule has 0 saturated heterocycles. The van der Waals surface area contributed by atoms with Gasteiger partial charge >= 0.3 is 6.18 Å². The largest absolute Gasteiger partial charge is 0.417 e. The molecular weight excluding hydrogens is 387 g/mol. The predicted octanol–water partition coefficient (Wildman–Crippen LogP) is 3.17. The molecule has 0 aromatic rings. The van der Waals surface area contributed by atoms with Gasteiger partial charge in [-0.2, -0.15) is 13.2 Å². The van der Waals surface area contributed by atoms with E-state index >= 15 is 0 Å². The molecule has 8 heteroatoms. The molecular formula is C21H32F3NO4. The monoisotopic (exact) mass is 419 g/mol. The number of carbonyl (C=O) groups excluding carboxylic acids is 1. The zero-order chi connectivity index (χ0) is 22.2. The third-order valence-electron chi connectivity index (χ3n) is 5.03. The molecule has 0 aliphatic heterocycles. The summed E-state index contributed by atoms with van der Waals surface area (Å²) in [5, 5.41) is 31.2. The Labute approximate surface area is 170 Å². The number of carbonyl (C=O) groups is 1. The van der Waals surface area contributed by atoms with Crippen LogP contribution in [0.1, 0.15) is 52.4 Å². The molecule has 1 aliphatic carbocycles. The Bertz CT molecular complexity index is 626. The minimum atomic E-state index is -4.85. The molecule has 0 aromatic heterocycles. The van der Waals surface area contributed by atoms with E-state index in [4.69, 9.17) is 0 Å². The first kappa shape index (κ1) is 25.4. The molecule has 1 rings (SSSR count). The topological polar surface area (TPSA) is 89.8 Å². The van der Waals surface area contributed by atoms with Crippen LogP contribution >= 0.6 is 0 Å². The summed E-state index contributed by atoms with van der Waals surface area (Å²) >= 11 is 0. The summed E-state index contributed by atoms with van der Waals surface area (Å²) in [6, 6.07) is 0. The van der Waals surface area contributed by atoms with E-state index < -0.39 is 36.3 Å². The van der Waals surface area contributed by atoms with Gasteiger partial charge in [-0.1, -0.05) is 31.7 Å². The van der Waals surface area contributed by atoms with Crippen molar-refractivity contribution in [3.05, 3.63) is 36.0 Å². The van der Waals surface area contributed by atoms with E-state index in [1.807, 2.05) is 25.2 Å². The number of alkyl halides is 3. The molecule has 0 spiro atoms. The van der Waals surface area contributed by atoms with Crippen molar-refractivity contribution in [1.82, 2.24) is 5.32 Å². The Balaban J connectivity index is 2.28. The van der Waals surface area contributed by atoms with Crippen LogP contribution in [0.3, 0.4) is 0 Å². The average molecular weight is 419 g/mol. The van der Waals surface area contributed by atoms with Crippen LogP contribution in [-0.4, -0.2) is 51.8 Å². The van der Waals surface area contributed by atoms with Gasteiger partial charge in [0.2, 0.25) is 5.91 Å². The lowest BCUT2D eigenvalue weighted by molar-refractivity contribution is -0.253. The Hall–Kier alpha value is -1.64. The van der Waals surface area contributed by atoms with Crippen molar-refractivity contribution in [1.29, 1.82) is 0 Å². The first-order valence-electron chi connectivity index (χ1n) is 9.80. The van der Waals surface area contributed by atoms with Gasteiger partial charge in [0, 0.05) is 13.0 Å². The number of amides is 1. The second-order valence-electron chi connectivity index (χ2n) is 8.04. The standard InChI is InChI=1S/C21H32F3NO4/c1-14(13-25-19(28)12-20(3,29)21(22,23)24)8-6-4-5-7-9-16-10-17(26)11-18(27)15(16)2/h5,7,9,14,17-18,26-27,29H,2,4,6,8,10-13H2,1,3H3,(H,25,28)/t14-,17+,18-,20-/m0/s1. The molecule has 1 aliphatic rings. The summed E-state index contributed by atoms with van der Waals surface area (Å²) in [6.07, 6.45) is 1.68. The highest BCUT2D eigenvalue weighted by atomic mass is 19.4. The van der Waals surface area contributed by atoms with E-state index in [2.05, 4.69) is 11.9 Å². The number of aliphatic hydroxyl groups excluding tert-OH is 2. The molecule has 5 nitrogen and oxygen atoms in total. The summed E-state index contributed by atoms with van der Waals surface area (Å²) < 4.78 is 37.7. The molecule has 0 unspecified atom stereocenters. The Kier molecular flexibility index (Phi) is 9.58. The summed E-state index contributed by atoms with van der Waals surface area (Å²) in [7, 11) is 0. The number of hydrogen-bond acceptors (Lipinski definition) is 4. The van der Waals surface area contributed by atoms with E-state index in [0.29, 0.717) is 25.3 Å². The summed E-state index contributed by atoms with van der Waals surface area (Å²) in [4.78, 5) is 11.6. The van der Waals surface area contributed by atoms with Crippen LogP contribution in [0.4, 0.5) is 13.2 Å². The van der Waals surface area contributed by atoms with Crippen LogP contribution in [0, 0.1) is 5.92 Å². The first-order chi connectivity index (χ1) is 13.3. The lowest BCUT2D eigenvalue weighted by Crippen LogP contribution is -2.46. The smallest absolute Gasteiger partial charge is 0.393 e. The Morgan fingerprint density at radius 3 is 2.66 bits per heavy atom. The summed E-state index contributed by atoms with van der Waals surface area (Å²) in [5.74, 6) is -0.743. The summed E-state index contributed by atoms with van der Waals surface area (Å²) in [6.45, 7) is 6.57. The van der Waals surface area contributed by atoms with Crippen LogP contribution in [0.15, 0.2) is 36.0 Å². The highest BCUT2D eigenvalue weighted by molar-refractivity contribution is 5.77. The van der Waals surface area contributed by atoms with Crippen LogP contribution in [0.2, 0.25) is 0 Å². The van der Waals surface area contributed by atoms with Gasteiger partial charge in [-0.3, -0.25) is 4.79 Å². The SMILES string of the molecule is C=C1C(=CC=CCCC[C@H](C)CNC(=O)C[C@](C)(O)C(F)(F)F)C[C@@H](O)C[C@@H]1O. The molecule has 4 N–H and O–H groups in total. The molecule has 1 fully saturated rings. The van der Waals surface area contributed by atoms with Gasteiger partial charge in [0.05, 0.1) is 18.6 Å². The predicted molar refractivity (Wildman–Crippen MR) is 105 cm³/mol. The second-order valence-corrected chi connectivity index (χ2v) is 8.04. The minimum absolute atomic E-state index is 0.0879. The van der Waals surface area contributed by atoms with Crippen molar-refractivity contribution < 1.29 is 33.3 Å².